The topological polar surface area (TPSA) is 127 Å². The van der Waals surface area contributed by atoms with Crippen LogP contribution in [-0.4, -0.2) is 31.4 Å². The van der Waals surface area contributed by atoms with Crippen LogP contribution in [0.1, 0.15) is 18.9 Å². The van der Waals surface area contributed by atoms with E-state index >= 15 is 0 Å². The molecule has 1 aromatic carbocycles. The molecule has 0 aliphatic rings. The van der Waals surface area contributed by atoms with Crippen molar-refractivity contribution in [1.29, 1.82) is 0 Å². The van der Waals surface area contributed by atoms with E-state index in [4.69, 9.17) is 10.8 Å². The molecule has 0 radical (unpaired) electrons. The molecule has 110 valence electrons. The summed E-state index contributed by atoms with van der Waals surface area (Å²) in [6, 6.07) is 4.45. The SMILES string of the molecule is CCc1ccc(S(=O)(=O)N[C@H](CC(N)=O)C(=O)O)cc1. The predicted molar refractivity (Wildman–Crippen MR) is 71.4 cm³/mol. The molecule has 8 heteroatoms. The van der Waals surface area contributed by atoms with Crippen LogP contribution in [0.5, 0.6) is 0 Å². The maximum atomic E-state index is 12.0. The number of amides is 1. The largest absolute Gasteiger partial charge is 0.480 e. The number of carbonyl (C=O) groups is 2. The van der Waals surface area contributed by atoms with Crippen LogP contribution in [-0.2, 0) is 26.0 Å². The van der Waals surface area contributed by atoms with E-state index in [1.807, 2.05) is 11.6 Å². The van der Waals surface area contributed by atoms with Crippen LogP contribution in [0.4, 0.5) is 0 Å². The van der Waals surface area contributed by atoms with Crippen molar-refractivity contribution >= 4 is 21.9 Å². The number of aryl methyl sites for hydroxylation is 1. The van der Waals surface area contributed by atoms with Crippen LogP contribution in [0.2, 0.25) is 0 Å². The van der Waals surface area contributed by atoms with E-state index in [0.29, 0.717) is 0 Å². The fourth-order valence-corrected chi connectivity index (χ4v) is 2.73. The molecule has 4 N–H and O–H groups in total. The van der Waals surface area contributed by atoms with Gasteiger partial charge in [0.2, 0.25) is 15.9 Å². The highest BCUT2D eigenvalue weighted by atomic mass is 32.2. The number of carboxylic acids is 1. The maximum Gasteiger partial charge on any atom is 0.322 e. The number of nitrogens with one attached hydrogen (secondary N) is 1. The van der Waals surface area contributed by atoms with Crippen molar-refractivity contribution in [3.05, 3.63) is 29.8 Å². The third-order valence-electron chi connectivity index (χ3n) is 2.64. The Labute approximate surface area is 116 Å². The zero-order valence-corrected chi connectivity index (χ0v) is 11.7. The van der Waals surface area contributed by atoms with Gasteiger partial charge >= 0.3 is 5.97 Å². The van der Waals surface area contributed by atoms with Gasteiger partial charge in [-0.2, -0.15) is 4.72 Å². The van der Waals surface area contributed by atoms with Gasteiger partial charge in [-0.3, -0.25) is 9.59 Å². The molecule has 1 aromatic rings. The minimum absolute atomic E-state index is 0.0644. The lowest BCUT2D eigenvalue weighted by atomic mass is 10.2. The first-order valence-electron chi connectivity index (χ1n) is 5.88. The second-order valence-corrected chi connectivity index (χ2v) is 5.89. The van der Waals surface area contributed by atoms with Gasteiger partial charge in [0, 0.05) is 0 Å². The van der Waals surface area contributed by atoms with Gasteiger partial charge in [0.05, 0.1) is 11.3 Å². The Kier molecular flexibility index (Phi) is 5.23. The Morgan fingerprint density at radius 1 is 1.30 bits per heavy atom. The molecule has 1 atom stereocenters. The third-order valence-corrected chi connectivity index (χ3v) is 4.13. The van der Waals surface area contributed by atoms with E-state index in [0.717, 1.165) is 12.0 Å². The average Bonchev–Trinajstić information content (AvgIpc) is 2.37. The van der Waals surface area contributed by atoms with Crippen molar-refractivity contribution in [3.63, 3.8) is 0 Å². The summed E-state index contributed by atoms with van der Waals surface area (Å²) in [6.45, 7) is 1.93. The minimum atomic E-state index is -4.01. The number of carbonyl (C=O) groups excluding carboxylic acids is 1. The Bertz CT molecular complexity index is 595. The van der Waals surface area contributed by atoms with E-state index in [9.17, 15) is 18.0 Å². The van der Waals surface area contributed by atoms with Crippen molar-refractivity contribution in [3.8, 4) is 0 Å². The van der Waals surface area contributed by atoms with Crippen molar-refractivity contribution in [2.24, 2.45) is 5.73 Å². The fourth-order valence-electron chi connectivity index (χ4n) is 1.54. The predicted octanol–water partition coefficient (Wildman–Crippen LogP) is -0.144. The smallest absolute Gasteiger partial charge is 0.322 e. The second-order valence-electron chi connectivity index (χ2n) is 4.18. The Morgan fingerprint density at radius 3 is 2.25 bits per heavy atom. The van der Waals surface area contributed by atoms with Gasteiger partial charge in [-0.15, -0.1) is 0 Å². The summed E-state index contributed by atoms with van der Waals surface area (Å²) in [7, 11) is -4.01. The lowest BCUT2D eigenvalue weighted by Crippen LogP contribution is -2.43. The lowest BCUT2D eigenvalue weighted by molar-refractivity contribution is -0.140. The quantitative estimate of drug-likeness (QED) is 0.645. The molecule has 0 aliphatic carbocycles. The summed E-state index contributed by atoms with van der Waals surface area (Å²) < 4.78 is 26.0. The number of hydrogen-bond donors (Lipinski definition) is 3. The van der Waals surface area contributed by atoms with Crippen LogP contribution < -0.4 is 10.5 Å². The van der Waals surface area contributed by atoms with Crippen LogP contribution >= 0.6 is 0 Å². The van der Waals surface area contributed by atoms with Gasteiger partial charge in [-0.05, 0) is 24.1 Å². The first kappa shape index (κ1) is 16.1. The van der Waals surface area contributed by atoms with Crippen molar-refractivity contribution < 1.29 is 23.1 Å². The summed E-state index contributed by atoms with van der Waals surface area (Å²) in [5.74, 6) is -2.36. The maximum absolute atomic E-state index is 12.0. The number of carboxylic acid groups (broad SMARTS) is 1. The van der Waals surface area contributed by atoms with Gasteiger partial charge in [-0.25, -0.2) is 8.42 Å². The van der Waals surface area contributed by atoms with Crippen LogP contribution in [0, 0.1) is 0 Å². The van der Waals surface area contributed by atoms with E-state index < -0.39 is 34.4 Å². The van der Waals surface area contributed by atoms with Crippen molar-refractivity contribution in [2.45, 2.75) is 30.7 Å². The number of sulfonamides is 1. The number of nitrogens with two attached hydrogens (primary N) is 1. The molecule has 0 spiro atoms. The Balaban J connectivity index is 2.96. The third kappa shape index (κ3) is 4.32. The summed E-state index contributed by atoms with van der Waals surface area (Å²) in [6.07, 6.45) is 0.148. The molecule has 1 amide bonds. The van der Waals surface area contributed by atoms with Gasteiger partial charge in [0.1, 0.15) is 6.04 Å². The monoisotopic (exact) mass is 300 g/mol. The first-order valence-corrected chi connectivity index (χ1v) is 7.37. The first-order chi connectivity index (χ1) is 9.26. The number of aliphatic carboxylic acids is 1. The molecule has 0 heterocycles. The lowest BCUT2D eigenvalue weighted by Gasteiger charge is -2.13. The molecular weight excluding hydrogens is 284 g/mol. The summed E-state index contributed by atoms with van der Waals surface area (Å²) in [4.78, 5) is 21.6. The molecule has 0 saturated heterocycles. The molecule has 0 unspecified atom stereocenters. The number of primary amides is 1. The molecule has 20 heavy (non-hydrogen) atoms. The molecule has 0 fully saturated rings. The highest BCUT2D eigenvalue weighted by Crippen LogP contribution is 2.12. The average molecular weight is 300 g/mol. The number of rotatable bonds is 7. The van der Waals surface area contributed by atoms with Crippen molar-refractivity contribution in [2.75, 3.05) is 0 Å². The zero-order valence-electron chi connectivity index (χ0n) is 10.9. The molecule has 0 saturated carbocycles. The van der Waals surface area contributed by atoms with E-state index in [-0.39, 0.29) is 4.90 Å². The highest BCUT2D eigenvalue weighted by Gasteiger charge is 2.26. The van der Waals surface area contributed by atoms with E-state index in [1.54, 1.807) is 12.1 Å². The van der Waals surface area contributed by atoms with Crippen LogP contribution in [0.3, 0.4) is 0 Å². The van der Waals surface area contributed by atoms with Crippen LogP contribution in [0.25, 0.3) is 0 Å². The molecule has 0 bridgehead atoms. The van der Waals surface area contributed by atoms with Crippen molar-refractivity contribution in [1.82, 2.24) is 4.72 Å². The Hall–Kier alpha value is -1.93. The summed E-state index contributed by atoms with van der Waals surface area (Å²) >= 11 is 0. The molecule has 7 nitrogen and oxygen atoms in total. The summed E-state index contributed by atoms with van der Waals surface area (Å²) in [5.41, 5.74) is 5.84. The van der Waals surface area contributed by atoms with Gasteiger partial charge < -0.3 is 10.8 Å². The molecule has 1 rings (SSSR count). The highest BCUT2D eigenvalue weighted by molar-refractivity contribution is 7.89. The van der Waals surface area contributed by atoms with Gasteiger partial charge in [0.25, 0.3) is 0 Å². The van der Waals surface area contributed by atoms with E-state index in [1.165, 1.54) is 12.1 Å². The van der Waals surface area contributed by atoms with Gasteiger partial charge in [0.15, 0.2) is 0 Å². The number of hydrogen-bond acceptors (Lipinski definition) is 4. The van der Waals surface area contributed by atoms with Crippen LogP contribution in [0.15, 0.2) is 29.2 Å². The minimum Gasteiger partial charge on any atom is -0.480 e. The molecular formula is C12H16N2O5S. The number of benzene rings is 1. The second kappa shape index (κ2) is 6.49. The van der Waals surface area contributed by atoms with E-state index in [2.05, 4.69) is 0 Å². The zero-order chi connectivity index (χ0) is 15.3. The summed E-state index contributed by atoms with van der Waals surface area (Å²) in [5, 5.41) is 8.88. The molecule has 0 aromatic heterocycles. The Morgan fingerprint density at radius 2 is 1.85 bits per heavy atom. The van der Waals surface area contributed by atoms with Gasteiger partial charge in [-0.1, -0.05) is 19.1 Å². The molecule has 0 aliphatic heterocycles. The standard InChI is InChI=1S/C12H16N2O5S/c1-2-8-3-5-9(6-4-8)20(18,19)14-10(12(16)17)7-11(13)15/h3-6,10,14H,2,7H2,1H3,(H2,13,15)(H,16,17)/t10-/m1/s1. The normalized spacial score (nSPS) is 12.8. The fraction of sp³-hybridized carbons (Fsp3) is 0.333.